The zero-order valence-corrected chi connectivity index (χ0v) is 10.8. The molecular weight excluding hydrogens is 230 g/mol. The maximum absolute atomic E-state index is 11.7. The Hall–Kier alpha value is -1.62. The monoisotopic (exact) mass is 249 g/mol. The first kappa shape index (κ1) is 12.8. The van der Waals surface area contributed by atoms with Crippen LogP contribution >= 0.6 is 0 Å². The molecule has 1 aromatic rings. The molecule has 0 saturated heterocycles. The van der Waals surface area contributed by atoms with Gasteiger partial charge in [0.1, 0.15) is 5.82 Å². The molecule has 1 saturated carbocycles. The highest BCUT2D eigenvalue weighted by Crippen LogP contribution is 2.44. The smallest absolute Gasteiger partial charge is 0.254 e. The van der Waals surface area contributed by atoms with Gasteiger partial charge < -0.3 is 15.3 Å². The first-order valence-electron chi connectivity index (χ1n) is 6.09. The van der Waals surface area contributed by atoms with Crippen molar-refractivity contribution in [1.82, 2.24) is 9.88 Å². The molecule has 0 aliphatic heterocycles. The van der Waals surface area contributed by atoms with Crippen LogP contribution in [0.2, 0.25) is 0 Å². The number of nitrogens with one attached hydrogen (secondary N) is 1. The molecule has 2 N–H and O–H groups in total. The molecule has 0 atom stereocenters. The molecule has 0 radical (unpaired) electrons. The summed E-state index contributed by atoms with van der Waals surface area (Å²) in [6.07, 6.45) is 3.70. The summed E-state index contributed by atoms with van der Waals surface area (Å²) in [7, 11) is 3.43. The number of pyridine rings is 1. The molecule has 0 aromatic carbocycles. The van der Waals surface area contributed by atoms with Crippen molar-refractivity contribution >= 4 is 11.7 Å². The van der Waals surface area contributed by atoms with E-state index in [4.69, 9.17) is 0 Å². The standard InChI is InChI=1S/C13H19N3O2/c1-16(2)12(18)10-3-4-11(14-7-10)15-8-13(9-17)5-6-13/h3-4,7,17H,5-6,8-9H2,1-2H3,(H,14,15). The SMILES string of the molecule is CN(C)C(=O)c1ccc(NCC2(CO)CC2)nc1. The van der Waals surface area contributed by atoms with Gasteiger partial charge in [0, 0.05) is 32.3 Å². The largest absolute Gasteiger partial charge is 0.396 e. The van der Waals surface area contributed by atoms with Gasteiger partial charge in [0.05, 0.1) is 12.2 Å². The molecule has 98 valence electrons. The van der Waals surface area contributed by atoms with Crippen molar-refractivity contribution in [3.63, 3.8) is 0 Å². The van der Waals surface area contributed by atoms with Crippen LogP contribution in [0.3, 0.4) is 0 Å². The number of aromatic nitrogens is 1. The van der Waals surface area contributed by atoms with Gasteiger partial charge in [-0.1, -0.05) is 0 Å². The highest BCUT2D eigenvalue weighted by atomic mass is 16.3. The first-order valence-corrected chi connectivity index (χ1v) is 6.09. The summed E-state index contributed by atoms with van der Waals surface area (Å²) < 4.78 is 0. The molecule has 1 aromatic heterocycles. The lowest BCUT2D eigenvalue weighted by molar-refractivity contribution is 0.0827. The van der Waals surface area contributed by atoms with Crippen molar-refractivity contribution in [3.8, 4) is 0 Å². The summed E-state index contributed by atoms with van der Waals surface area (Å²) in [6.45, 7) is 0.953. The maximum atomic E-state index is 11.7. The number of amides is 1. The van der Waals surface area contributed by atoms with Gasteiger partial charge in [-0.15, -0.1) is 0 Å². The van der Waals surface area contributed by atoms with E-state index in [1.54, 1.807) is 32.4 Å². The minimum atomic E-state index is -0.0527. The Bertz CT molecular complexity index is 424. The molecule has 5 heteroatoms. The molecule has 0 bridgehead atoms. The Labute approximate surface area is 107 Å². The summed E-state index contributed by atoms with van der Waals surface area (Å²) in [5.41, 5.74) is 0.633. The summed E-state index contributed by atoms with van der Waals surface area (Å²) in [5, 5.41) is 12.4. The van der Waals surface area contributed by atoms with Crippen LogP contribution in [-0.2, 0) is 0 Å². The molecule has 0 unspecified atom stereocenters. The fourth-order valence-corrected chi connectivity index (χ4v) is 1.73. The lowest BCUT2D eigenvalue weighted by atomic mass is 10.1. The van der Waals surface area contributed by atoms with E-state index in [1.165, 1.54) is 4.90 Å². The van der Waals surface area contributed by atoms with Crippen molar-refractivity contribution in [2.45, 2.75) is 12.8 Å². The molecule has 1 aliphatic carbocycles. The predicted octanol–water partition coefficient (Wildman–Crippen LogP) is 0.968. The van der Waals surface area contributed by atoms with Crippen LogP contribution in [0.5, 0.6) is 0 Å². The Kier molecular flexibility index (Phi) is 3.52. The number of aliphatic hydroxyl groups excluding tert-OH is 1. The van der Waals surface area contributed by atoms with E-state index in [0.29, 0.717) is 5.56 Å². The van der Waals surface area contributed by atoms with Crippen molar-refractivity contribution in [3.05, 3.63) is 23.9 Å². The summed E-state index contributed by atoms with van der Waals surface area (Å²) in [5.74, 6) is 0.688. The van der Waals surface area contributed by atoms with Crippen molar-refractivity contribution in [2.75, 3.05) is 32.6 Å². The Morgan fingerprint density at radius 1 is 1.50 bits per heavy atom. The van der Waals surface area contributed by atoms with Crippen LogP contribution in [0, 0.1) is 5.41 Å². The minimum absolute atomic E-state index is 0.0527. The van der Waals surface area contributed by atoms with Crippen LogP contribution in [0.15, 0.2) is 18.3 Å². The van der Waals surface area contributed by atoms with Crippen molar-refractivity contribution in [1.29, 1.82) is 0 Å². The third-order valence-electron chi connectivity index (χ3n) is 3.35. The van der Waals surface area contributed by atoms with E-state index < -0.39 is 0 Å². The second kappa shape index (κ2) is 4.94. The van der Waals surface area contributed by atoms with Crippen LogP contribution in [0.25, 0.3) is 0 Å². The predicted molar refractivity (Wildman–Crippen MR) is 69.5 cm³/mol. The van der Waals surface area contributed by atoms with E-state index in [-0.39, 0.29) is 17.9 Å². The van der Waals surface area contributed by atoms with Crippen molar-refractivity contribution in [2.24, 2.45) is 5.41 Å². The zero-order valence-electron chi connectivity index (χ0n) is 10.8. The third-order valence-corrected chi connectivity index (χ3v) is 3.35. The molecule has 5 nitrogen and oxygen atoms in total. The number of aliphatic hydroxyl groups is 1. The summed E-state index contributed by atoms with van der Waals surface area (Å²) in [6, 6.07) is 3.56. The average molecular weight is 249 g/mol. The molecule has 18 heavy (non-hydrogen) atoms. The Morgan fingerprint density at radius 3 is 2.67 bits per heavy atom. The number of carbonyl (C=O) groups is 1. The fraction of sp³-hybridized carbons (Fsp3) is 0.538. The molecule has 0 spiro atoms. The van der Waals surface area contributed by atoms with Crippen LogP contribution in [-0.4, -0.2) is 48.1 Å². The fourth-order valence-electron chi connectivity index (χ4n) is 1.73. The van der Waals surface area contributed by atoms with Gasteiger partial charge in [-0.3, -0.25) is 4.79 Å². The van der Waals surface area contributed by atoms with Gasteiger partial charge >= 0.3 is 0 Å². The van der Waals surface area contributed by atoms with Crippen LogP contribution in [0.4, 0.5) is 5.82 Å². The average Bonchev–Trinajstić information content (AvgIpc) is 3.17. The van der Waals surface area contributed by atoms with Gasteiger partial charge in [0.2, 0.25) is 0 Å². The van der Waals surface area contributed by atoms with Crippen molar-refractivity contribution < 1.29 is 9.90 Å². The number of rotatable bonds is 5. The maximum Gasteiger partial charge on any atom is 0.254 e. The normalized spacial score (nSPS) is 16.2. The van der Waals surface area contributed by atoms with E-state index in [9.17, 15) is 9.90 Å². The highest BCUT2D eigenvalue weighted by Gasteiger charge is 2.41. The number of nitrogens with zero attached hydrogens (tertiary/aromatic N) is 2. The van der Waals surface area contributed by atoms with E-state index in [1.807, 2.05) is 0 Å². The van der Waals surface area contributed by atoms with Crippen LogP contribution in [0.1, 0.15) is 23.2 Å². The number of anilines is 1. The van der Waals surface area contributed by atoms with Gasteiger partial charge in [0.15, 0.2) is 0 Å². The van der Waals surface area contributed by atoms with E-state index >= 15 is 0 Å². The molecule has 1 amide bonds. The number of carbonyl (C=O) groups excluding carboxylic acids is 1. The van der Waals surface area contributed by atoms with Crippen LogP contribution < -0.4 is 5.32 Å². The minimum Gasteiger partial charge on any atom is -0.396 e. The summed E-state index contributed by atoms with van der Waals surface area (Å²) in [4.78, 5) is 17.4. The molecule has 1 fully saturated rings. The molecule has 1 heterocycles. The highest BCUT2D eigenvalue weighted by molar-refractivity contribution is 5.93. The lowest BCUT2D eigenvalue weighted by Crippen LogP contribution is -2.22. The van der Waals surface area contributed by atoms with Gasteiger partial charge in [-0.25, -0.2) is 4.98 Å². The van der Waals surface area contributed by atoms with E-state index in [2.05, 4.69) is 10.3 Å². The topological polar surface area (TPSA) is 65.5 Å². The van der Waals surface area contributed by atoms with Gasteiger partial charge in [-0.05, 0) is 25.0 Å². The molecular formula is C13H19N3O2. The molecule has 1 aliphatic rings. The van der Waals surface area contributed by atoms with Gasteiger partial charge in [0.25, 0.3) is 5.91 Å². The number of hydrogen-bond acceptors (Lipinski definition) is 4. The van der Waals surface area contributed by atoms with E-state index in [0.717, 1.165) is 25.2 Å². The summed E-state index contributed by atoms with van der Waals surface area (Å²) >= 11 is 0. The quantitative estimate of drug-likeness (QED) is 0.816. The van der Waals surface area contributed by atoms with Gasteiger partial charge in [-0.2, -0.15) is 0 Å². The second-order valence-corrected chi connectivity index (χ2v) is 5.14. The lowest BCUT2D eigenvalue weighted by Gasteiger charge is -2.14. The molecule has 2 rings (SSSR count). The third kappa shape index (κ3) is 2.79. The first-order chi connectivity index (χ1) is 8.56. The second-order valence-electron chi connectivity index (χ2n) is 5.14. The Morgan fingerprint density at radius 2 is 2.22 bits per heavy atom. The zero-order chi connectivity index (χ0) is 13.2. The number of hydrogen-bond donors (Lipinski definition) is 2. The Balaban J connectivity index is 1.93.